The van der Waals surface area contributed by atoms with E-state index in [2.05, 4.69) is 0 Å². The van der Waals surface area contributed by atoms with E-state index in [0.717, 1.165) is 24.1 Å². The molecule has 2 aromatic carbocycles. The van der Waals surface area contributed by atoms with Crippen LogP contribution in [0.25, 0.3) is 0 Å². The number of nitrogens with one attached hydrogen (secondary N) is 1. The molecule has 2 unspecified atom stereocenters. The number of nitrogens with zero attached hydrogens (tertiary/aromatic N) is 2. The minimum Gasteiger partial charge on any atom is -0.466 e. The fourth-order valence-corrected chi connectivity index (χ4v) is 4.26. The molecule has 0 amide bonds. The van der Waals surface area contributed by atoms with Gasteiger partial charge in [0.25, 0.3) is 0 Å². The normalized spacial score (nSPS) is 17.9. The van der Waals surface area contributed by atoms with E-state index in [1.165, 1.54) is 43.5 Å². The molecule has 0 aliphatic carbocycles. The Kier molecular flexibility index (Phi) is 8.35. The van der Waals surface area contributed by atoms with Crippen molar-refractivity contribution < 1.29 is 37.0 Å². The Hall–Kier alpha value is -4.17. The third-order valence-electron chi connectivity index (χ3n) is 5.82. The number of hydrogen-bond acceptors (Lipinski definition) is 7. The lowest BCUT2D eigenvalue weighted by Gasteiger charge is -2.41. The van der Waals surface area contributed by atoms with Gasteiger partial charge in [0.05, 0.1) is 48.8 Å². The average Bonchev–Trinajstić information content (AvgIpc) is 2.88. The summed E-state index contributed by atoms with van der Waals surface area (Å²) in [5.41, 5.74) is -0.390. The van der Waals surface area contributed by atoms with E-state index in [0.29, 0.717) is 11.1 Å². The van der Waals surface area contributed by atoms with E-state index in [9.17, 15) is 28.0 Å². The van der Waals surface area contributed by atoms with Gasteiger partial charge in [-0.2, -0.15) is 18.4 Å². The zero-order valence-corrected chi connectivity index (χ0v) is 20.3. The maximum Gasteiger partial charge on any atom is 0.416 e. The second kappa shape index (κ2) is 11.3. The van der Waals surface area contributed by atoms with Gasteiger partial charge in [-0.05, 0) is 42.8 Å². The molecule has 2 aromatic rings. The Morgan fingerprint density at radius 2 is 1.81 bits per heavy atom. The molecular formula is C26H24F3N3O5. The molecule has 37 heavy (non-hydrogen) atoms. The minimum atomic E-state index is -4.67. The van der Waals surface area contributed by atoms with E-state index in [4.69, 9.17) is 19.6 Å². The first kappa shape index (κ1) is 27.4. The van der Waals surface area contributed by atoms with E-state index in [1.807, 2.05) is 6.07 Å². The van der Waals surface area contributed by atoms with Crippen molar-refractivity contribution in [3.8, 4) is 6.07 Å². The van der Waals surface area contributed by atoms with Crippen LogP contribution in [0.15, 0.2) is 59.8 Å². The van der Waals surface area contributed by atoms with Gasteiger partial charge >= 0.3 is 18.1 Å². The molecule has 1 heterocycles. The predicted octanol–water partition coefficient (Wildman–Crippen LogP) is 4.41. The second-order valence-electron chi connectivity index (χ2n) is 7.99. The zero-order valence-electron chi connectivity index (χ0n) is 20.3. The molecule has 1 aliphatic heterocycles. The summed E-state index contributed by atoms with van der Waals surface area (Å²) in [5, 5.41) is 18.2. The van der Waals surface area contributed by atoms with E-state index >= 15 is 0 Å². The number of methoxy groups -OCH3 is 2. The minimum absolute atomic E-state index is 0.0333. The maximum absolute atomic E-state index is 13.5. The lowest BCUT2D eigenvalue weighted by Crippen LogP contribution is -2.49. The Labute approximate surface area is 211 Å². The molecule has 194 valence electrons. The Balaban J connectivity index is 2.37. The molecule has 8 nitrogen and oxygen atoms in total. The van der Waals surface area contributed by atoms with Crippen LogP contribution in [0.5, 0.6) is 0 Å². The highest BCUT2D eigenvalue weighted by molar-refractivity contribution is 6.14. The van der Waals surface area contributed by atoms with Gasteiger partial charge in [0, 0.05) is 18.7 Å². The fourth-order valence-electron chi connectivity index (χ4n) is 4.26. The van der Waals surface area contributed by atoms with Crippen molar-refractivity contribution in [1.29, 1.82) is 10.7 Å². The summed E-state index contributed by atoms with van der Waals surface area (Å²) in [6.45, 7) is 1.25. The summed E-state index contributed by atoms with van der Waals surface area (Å²) >= 11 is 0. The Morgan fingerprint density at radius 3 is 2.35 bits per heavy atom. The summed E-state index contributed by atoms with van der Waals surface area (Å²) in [5.74, 6) is -4.64. The van der Waals surface area contributed by atoms with Gasteiger partial charge < -0.3 is 14.2 Å². The zero-order chi connectivity index (χ0) is 27.3. The predicted molar refractivity (Wildman–Crippen MR) is 127 cm³/mol. The molecule has 2 atom stereocenters. The molecule has 0 fully saturated rings. The third-order valence-corrected chi connectivity index (χ3v) is 5.82. The van der Waals surface area contributed by atoms with Gasteiger partial charge in [-0.25, -0.2) is 4.79 Å². The van der Waals surface area contributed by atoms with Gasteiger partial charge in [-0.15, -0.1) is 0 Å². The number of esters is 2. The first-order valence-corrected chi connectivity index (χ1v) is 11.1. The van der Waals surface area contributed by atoms with Crippen LogP contribution in [-0.2, 0) is 30.0 Å². The summed E-state index contributed by atoms with van der Waals surface area (Å²) in [4.78, 5) is 27.5. The topological polar surface area (TPSA) is 113 Å². The van der Waals surface area contributed by atoms with Crippen LogP contribution < -0.4 is 4.90 Å². The highest BCUT2D eigenvalue weighted by atomic mass is 19.4. The van der Waals surface area contributed by atoms with Crippen LogP contribution >= 0.6 is 0 Å². The summed E-state index contributed by atoms with van der Waals surface area (Å²) in [6, 6.07) is 12.2. The summed E-state index contributed by atoms with van der Waals surface area (Å²) in [6.07, 6.45) is -4.67. The number of anilines is 1. The number of halogens is 3. The molecule has 3 rings (SSSR count). The fraction of sp³-hybridized carbons (Fsp3) is 0.308. The molecule has 0 bridgehead atoms. The standard InChI is InChI=1S/C26H24F3N3O5/c1-4-37-25(34)22-20(16-10-8-15(13-30)9-11-16)21(24(33)36-3)19(14-35-2)32(23(22)31)18-7-5-6-17(12-18)26(27,28)29/h5-12,20,22,31H,4,14H2,1-3H3. The van der Waals surface area contributed by atoms with Crippen molar-refractivity contribution in [1.82, 2.24) is 0 Å². The molecule has 0 aromatic heterocycles. The number of benzene rings is 2. The summed E-state index contributed by atoms with van der Waals surface area (Å²) in [7, 11) is 2.45. The molecule has 0 radical (unpaired) electrons. The van der Waals surface area contributed by atoms with Crippen LogP contribution in [0.1, 0.15) is 29.5 Å². The largest absolute Gasteiger partial charge is 0.466 e. The van der Waals surface area contributed by atoms with Crippen molar-refractivity contribution in [3.63, 3.8) is 0 Å². The molecule has 1 aliphatic rings. The lowest BCUT2D eigenvalue weighted by molar-refractivity contribution is -0.146. The Bertz CT molecular complexity index is 1270. The average molecular weight is 515 g/mol. The molecule has 0 saturated heterocycles. The highest BCUT2D eigenvalue weighted by Gasteiger charge is 2.48. The molecule has 11 heteroatoms. The van der Waals surface area contributed by atoms with Crippen molar-refractivity contribution in [2.75, 3.05) is 32.3 Å². The number of hydrogen-bond donors (Lipinski definition) is 1. The van der Waals surface area contributed by atoms with Crippen molar-refractivity contribution in [2.45, 2.75) is 19.0 Å². The number of rotatable bonds is 7. The summed E-state index contributed by atoms with van der Waals surface area (Å²) < 4.78 is 56.0. The number of amidine groups is 1. The van der Waals surface area contributed by atoms with Crippen molar-refractivity contribution in [3.05, 3.63) is 76.5 Å². The van der Waals surface area contributed by atoms with Gasteiger partial charge in [0.15, 0.2) is 0 Å². The molecule has 0 spiro atoms. The van der Waals surface area contributed by atoms with E-state index in [-0.39, 0.29) is 30.2 Å². The van der Waals surface area contributed by atoms with Crippen molar-refractivity contribution in [2.24, 2.45) is 5.92 Å². The van der Waals surface area contributed by atoms with E-state index < -0.39 is 41.3 Å². The van der Waals surface area contributed by atoms with Crippen LogP contribution in [0, 0.1) is 22.7 Å². The smallest absolute Gasteiger partial charge is 0.416 e. The maximum atomic E-state index is 13.5. The SMILES string of the molecule is CCOC(=O)C1C(=N)N(c2cccc(C(F)(F)F)c2)C(COC)=C(C(=O)OC)C1c1ccc(C#N)cc1. The monoisotopic (exact) mass is 515 g/mol. The van der Waals surface area contributed by atoms with Gasteiger partial charge in [-0.1, -0.05) is 18.2 Å². The number of alkyl halides is 3. The number of nitriles is 1. The Morgan fingerprint density at radius 1 is 1.14 bits per heavy atom. The molecule has 1 N–H and O–H groups in total. The van der Waals surface area contributed by atoms with Crippen molar-refractivity contribution >= 4 is 23.5 Å². The molecular weight excluding hydrogens is 491 g/mol. The second-order valence-corrected chi connectivity index (χ2v) is 7.99. The van der Waals surface area contributed by atoms with Gasteiger partial charge in [0.1, 0.15) is 11.8 Å². The van der Waals surface area contributed by atoms with Crippen LogP contribution in [0.3, 0.4) is 0 Å². The number of carbonyl (C=O) groups excluding carboxylic acids is 2. The number of ether oxygens (including phenoxy) is 3. The van der Waals surface area contributed by atoms with E-state index in [1.54, 1.807) is 6.92 Å². The van der Waals surface area contributed by atoms with Gasteiger partial charge in [0.2, 0.25) is 0 Å². The van der Waals surface area contributed by atoms with Crippen LogP contribution in [0.2, 0.25) is 0 Å². The quantitative estimate of drug-likeness (QED) is 0.544. The van der Waals surface area contributed by atoms with Crippen LogP contribution in [-0.4, -0.2) is 45.2 Å². The first-order valence-electron chi connectivity index (χ1n) is 11.1. The van der Waals surface area contributed by atoms with Gasteiger partial charge in [-0.3, -0.25) is 15.1 Å². The first-order chi connectivity index (χ1) is 17.6. The molecule has 0 saturated carbocycles. The van der Waals surface area contributed by atoms with Crippen LogP contribution in [0.4, 0.5) is 18.9 Å². The number of carbonyl (C=O) groups is 2. The lowest BCUT2D eigenvalue weighted by atomic mass is 9.75. The third kappa shape index (κ3) is 5.49. The highest BCUT2D eigenvalue weighted by Crippen LogP contribution is 2.44.